The van der Waals surface area contributed by atoms with Crippen molar-refractivity contribution in [3.63, 3.8) is 0 Å². The maximum absolute atomic E-state index is 13.4. The molecule has 128 valence electrons. The van der Waals surface area contributed by atoms with Gasteiger partial charge in [0.2, 0.25) is 0 Å². The van der Waals surface area contributed by atoms with E-state index in [9.17, 15) is 14.3 Å². The van der Waals surface area contributed by atoms with Crippen LogP contribution in [0.1, 0.15) is 11.1 Å². The number of ether oxygens (including phenoxy) is 1. The Bertz CT molecular complexity index is 706. The van der Waals surface area contributed by atoms with Gasteiger partial charge in [0.25, 0.3) is 0 Å². The van der Waals surface area contributed by atoms with Crippen LogP contribution in [0, 0.1) is 12.7 Å². The van der Waals surface area contributed by atoms with Crippen molar-refractivity contribution in [3.05, 3.63) is 59.4 Å². The third-order valence-corrected chi connectivity index (χ3v) is 3.65. The molecule has 2 aromatic rings. The van der Waals surface area contributed by atoms with E-state index in [1.807, 2.05) is 18.2 Å². The van der Waals surface area contributed by atoms with E-state index in [0.29, 0.717) is 11.4 Å². The quantitative estimate of drug-likeness (QED) is 0.854. The lowest BCUT2D eigenvalue weighted by molar-refractivity contribution is 0.184. The Kier molecular flexibility index (Phi) is 6.14. The van der Waals surface area contributed by atoms with Crippen molar-refractivity contribution in [3.8, 4) is 5.75 Å². The molecule has 2 rings (SSSR count). The minimum Gasteiger partial charge on any atom is -0.496 e. The van der Waals surface area contributed by atoms with Gasteiger partial charge in [-0.1, -0.05) is 24.3 Å². The average molecular weight is 332 g/mol. The SMILES string of the molecule is COc1ccccc1CN(CCO)C(=O)Nc1cc(F)ccc1C. The number of aliphatic hydroxyl groups is 1. The molecule has 5 nitrogen and oxygen atoms in total. The summed E-state index contributed by atoms with van der Waals surface area (Å²) >= 11 is 0. The Morgan fingerprint density at radius 2 is 2.04 bits per heavy atom. The van der Waals surface area contributed by atoms with Crippen LogP contribution < -0.4 is 10.1 Å². The van der Waals surface area contributed by atoms with Gasteiger partial charge in [-0.3, -0.25) is 0 Å². The number of carbonyl (C=O) groups excluding carboxylic acids is 1. The zero-order valence-corrected chi connectivity index (χ0v) is 13.8. The number of carbonyl (C=O) groups is 1. The second kappa shape index (κ2) is 8.31. The normalized spacial score (nSPS) is 10.3. The first-order valence-electron chi connectivity index (χ1n) is 7.60. The van der Waals surface area contributed by atoms with Crippen LogP contribution in [-0.4, -0.2) is 36.3 Å². The van der Waals surface area contributed by atoms with Gasteiger partial charge in [0.1, 0.15) is 11.6 Å². The Morgan fingerprint density at radius 1 is 1.29 bits per heavy atom. The summed E-state index contributed by atoms with van der Waals surface area (Å²) in [5, 5.41) is 11.9. The molecule has 0 atom stereocenters. The summed E-state index contributed by atoms with van der Waals surface area (Å²) in [6.45, 7) is 2.03. The van der Waals surface area contributed by atoms with Crippen molar-refractivity contribution < 1.29 is 19.0 Å². The first-order chi connectivity index (χ1) is 11.5. The number of benzene rings is 2. The fourth-order valence-corrected chi connectivity index (χ4v) is 2.34. The lowest BCUT2D eigenvalue weighted by atomic mass is 10.2. The molecular weight excluding hydrogens is 311 g/mol. The number of nitrogens with zero attached hydrogens (tertiary/aromatic N) is 1. The summed E-state index contributed by atoms with van der Waals surface area (Å²) in [5.74, 6) is 0.240. The molecule has 2 N–H and O–H groups in total. The molecule has 0 aliphatic heterocycles. The molecule has 2 amide bonds. The summed E-state index contributed by atoms with van der Waals surface area (Å²) in [6.07, 6.45) is 0. The highest BCUT2D eigenvalue weighted by Gasteiger charge is 2.16. The minimum absolute atomic E-state index is 0.151. The van der Waals surface area contributed by atoms with E-state index in [1.165, 1.54) is 17.0 Å². The number of rotatable bonds is 6. The lowest BCUT2D eigenvalue weighted by Gasteiger charge is -2.23. The summed E-state index contributed by atoms with van der Waals surface area (Å²) in [4.78, 5) is 14.0. The van der Waals surface area contributed by atoms with Gasteiger partial charge in [-0.15, -0.1) is 0 Å². The molecule has 0 heterocycles. The van der Waals surface area contributed by atoms with Crippen molar-refractivity contribution in [2.75, 3.05) is 25.6 Å². The number of methoxy groups -OCH3 is 1. The molecule has 0 aliphatic rings. The van der Waals surface area contributed by atoms with E-state index in [4.69, 9.17) is 4.74 Å². The molecule has 2 aromatic carbocycles. The van der Waals surface area contributed by atoms with E-state index < -0.39 is 11.8 Å². The highest BCUT2D eigenvalue weighted by atomic mass is 19.1. The molecule has 0 aromatic heterocycles. The van der Waals surface area contributed by atoms with Crippen molar-refractivity contribution in [1.82, 2.24) is 4.90 Å². The number of urea groups is 1. The first kappa shape index (κ1) is 17.7. The smallest absolute Gasteiger partial charge is 0.322 e. The van der Waals surface area contributed by atoms with Gasteiger partial charge in [-0.05, 0) is 30.7 Å². The number of para-hydroxylation sites is 1. The molecule has 0 aliphatic carbocycles. The topological polar surface area (TPSA) is 61.8 Å². The third kappa shape index (κ3) is 4.45. The Morgan fingerprint density at radius 3 is 2.75 bits per heavy atom. The van der Waals surface area contributed by atoms with Gasteiger partial charge in [-0.2, -0.15) is 0 Å². The van der Waals surface area contributed by atoms with Crippen LogP contribution in [0.3, 0.4) is 0 Å². The van der Waals surface area contributed by atoms with E-state index in [1.54, 1.807) is 26.2 Å². The number of aliphatic hydroxyl groups excluding tert-OH is 1. The molecule has 6 heteroatoms. The van der Waals surface area contributed by atoms with E-state index in [2.05, 4.69) is 5.32 Å². The van der Waals surface area contributed by atoms with E-state index >= 15 is 0 Å². The minimum atomic E-state index is -0.422. The van der Waals surface area contributed by atoms with Crippen molar-refractivity contribution >= 4 is 11.7 Å². The van der Waals surface area contributed by atoms with Crippen LogP contribution in [-0.2, 0) is 6.54 Å². The van der Waals surface area contributed by atoms with Gasteiger partial charge in [0.15, 0.2) is 0 Å². The van der Waals surface area contributed by atoms with Crippen molar-refractivity contribution in [2.45, 2.75) is 13.5 Å². The number of amides is 2. The monoisotopic (exact) mass is 332 g/mol. The van der Waals surface area contributed by atoms with Crippen molar-refractivity contribution in [1.29, 1.82) is 0 Å². The van der Waals surface area contributed by atoms with Gasteiger partial charge in [-0.25, -0.2) is 9.18 Å². The number of anilines is 1. The summed E-state index contributed by atoms with van der Waals surface area (Å²) in [5.41, 5.74) is 1.98. The zero-order valence-electron chi connectivity index (χ0n) is 13.8. The Balaban J connectivity index is 2.17. The molecule has 0 fully saturated rings. The van der Waals surface area contributed by atoms with Crippen LogP contribution in [0.5, 0.6) is 5.75 Å². The molecule has 0 saturated heterocycles. The van der Waals surface area contributed by atoms with Gasteiger partial charge < -0.3 is 20.1 Å². The molecule has 0 spiro atoms. The maximum Gasteiger partial charge on any atom is 0.322 e. The Hall–Kier alpha value is -2.60. The number of nitrogens with one attached hydrogen (secondary N) is 1. The number of aryl methyl sites for hydroxylation is 1. The summed E-state index contributed by atoms with van der Waals surface area (Å²) < 4.78 is 18.7. The maximum atomic E-state index is 13.4. The van der Waals surface area contributed by atoms with Crippen molar-refractivity contribution in [2.24, 2.45) is 0 Å². The fraction of sp³-hybridized carbons (Fsp3) is 0.278. The van der Waals surface area contributed by atoms with E-state index in [0.717, 1.165) is 11.1 Å². The highest BCUT2D eigenvalue weighted by molar-refractivity contribution is 5.90. The average Bonchev–Trinajstić information content (AvgIpc) is 2.58. The van der Waals surface area contributed by atoms with Crippen LogP contribution in [0.2, 0.25) is 0 Å². The van der Waals surface area contributed by atoms with Crippen LogP contribution in [0.4, 0.5) is 14.9 Å². The van der Waals surface area contributed by atoms with Gasteiger partial charge >= 0.3 is 6.03 Å². The van der Waals surface area contributed by atoms with Crippen LogP contribution >= 0.6 is 0 Å². The number of hydrogen-bond donors (Lipinski definition) is 2. The van der Waals surface area contributed by atoms with Gasteiger partial charge in [0.05, 0.1) is 20.3 Å². The van der Waals surface area contributed by atoms with Crippen LogP contribution in [0.15, 0.2) is 42.5 Å². The van der Waals surface area contributed by atoms with Crippen LogP contribution in [0.25, 0.3) is 0 Å². The molecule has 0 unspecified atom stereocenters. The molecule has 0 saturated carbocycles. The lowest BCUT2D eigenvalue weighted by Crippen LogP contribution is -2.36. The van der Waals surface area contributed by atoms with Gasteiger partial charge in [0, 0.05) is 17.8 Å². The molecule has 0 bridgehead atoms. The summed E-state index contributed by atoms with van der Waals surface area (Å²) in [7, 11) is 1.56. The molecular formula is C18H21FN2O3. The zero-order chi connectivity index (χ0) is 17.5. The number of hydrogen-bond acceptors (Lipinski definition) is 3. The third-order valence-electron chi connectivity index (χ3n) is 3.65. The predicted octanol–water partition coefficient (Wildman–Crippen LogP) is 3.17. The number of halogens is 1. The molecule has 24 heavy (non-hydrogen) atoms. The first-order valence-corrected chi connectivity index (χ1v) is 7.60. The summed E-state index contributed by atoms with van der Waals surface area (Å²) in [6, 6.07) is 11.1. The molecule has 0 radical (unpaired) electrons. The standard InChI is InChI=1S/C18H21FN2O3/c1-13-7-8-15(19)11-16(13)20-18(23)21(9-10-22)12-14-5-3-4-6-17(14)24-2/h3-8,11,22H,9-10,12H2,1-2H3,(H,20,23). The van der Waals surface area contributed by atoms with E-state index in [-0.39, 0.29) is 19.7 Å². The predicted molar refractivity (Wildman–Crippen MR) is 90.6 cm³/mol. The largest absolute Gasteiger partial charge is 0.496 e. The fourth-order valence-electron chi connectivity index (χ4n) is 2.34. The second-order valence-corrected chi connectivity index (χ2v) is 5.35. The highest BCUT2D eigenvalue weighted by Crippen LogP contribution is 2.21. The Labute approximate surface area is 140 Å². The second-order valence-electron chi connectivity index (χ2n) is 5.35.